The van der Waals surface area contributed by atoms with E-state index in [4.69, 9.17) is 4.74 Å². The van der Waals surface area contributed by atoms with E-state index in [1.807, 2.05) is 138 Å². The third-order valence-electron chi connectivity index (χ3n) is 9.10. The number of amides is 2. The second-order valence-electron chi connectivity index (χ2n) is 11.5. The largest absolute Gasteiger partial charge is 0.451 e. The molecule has 0 unspecified atom stereocenters. The number of imide groups is 1. The Morgan fingerprint density at radius 2 is 1.23 bits per heavy atom. The standard InChI is InChI=1S/C38H28N2O4/c41-36-32-31-23-22-25-13-8-10-20-29(25)39(31)34(33(32)37(42)40(36)30-21-11-18-24-12-7-9-19-28(24)30)38(43)44-35(26-14-3-1-4-15-26)27-16-5-2-6-17-27/h1-23,31-35H/t31-,32-,33-,34-/m1/s1. The Hall–Kier alpha value is -5.49. The molecule has 5 aromatic carbocycles. The number of carbonyl (C=O) groups is 3. The fourth-order valence-corrected chi connectivity index (χ4v) is 7.20. The van der Waals surface area contributed by atoms with E-state index in [2.05, 4.69) is 0 Å². The van der Waals surface area contributed by atoms with Crippen molar-refractivity contribution in [2.45, 2.75) is 18.2 Å². The molecule has 3 aliphatic heterocycles. The second kappa shape index (κ2) is 10.3. The van der Waals surface area contributed by atoms with Crippen LogP contribution in [0.5, 0.6) is 0 Å². The number of esters is 1. The van der Waals surface area contributed by atoms with Crippen LogP contribution in [0.15, 0.2) is 133 Å². The molecule has 2 fully saturated rings. The first-order valence-electron chi connectivity index (χ1n) is 14.8. The van der Waals surface area contributed by atoms with E-state index in [0.29, 0.717) is 5.69 Å². The maximum atomic E-state index is 14.5. The third kappa shape index (κ3) is 3.98. The maximum absolute atomic E-state index is 14.5. The van der Waals surface area contributed by atoms with Gasteiger partial charge in [-0.15, -0.1) is 0 Å². The van der Waals surface area contributed by atoms with Crippen LogP contribution in [0.1, 0.15) is 22.8 Å². The molecule has 3 aliphatic rings. The Morgan fingerprint density at radius 3 is 1.98 bits per heavy atom. The maximum Gasteiger partial charge on any atom is 0.330 e. The zero-order valence-electron chi connectivity index (χ0n) is 23.7. The summed E-state index contributed by atoms with van der Waals surface area (Å²) in [5.41, 5.74) is 3.92. The molecule has 8 rings (SSSR count). The van der Waals surface area contributed by atoms with Crippen molar-refractivity contribution in [3.05, 3.63) is 150 Å². The van der Waals surface area contributed by atoms with Crippen LogP contribution in [0, 0.1) is 11.8 Å². The van der Waals surface area contributed by atoms with Gasteiger partial charge in [0.25, 0.3) is 0 Å². The minimum absolute atomic E-state index is 0.298. The fourth-order valence-electron chi connectivity index (χ4n) is 7.20. The van der Waals surface area contributed by atoms with Gasteiger partial charge in [-0.3, -0.25) is 9.59 Å². The molecule has 5 aromatic rings. The smallest absolute Gasteiger partial charge is 0.330 e. The summed E-state index contributed by atoms with van der Waals surface area (Å²) in [4.78, 5) is 46.6. The Balaban J connectivity index is 1.24. The molecule has 0 N–H and O–H groups in total. The molecule has 2 amide bonds. The highest BCUT2D eigenvalue weighted by Crippen LogP contribution is 2.50. The van der Waals surface area contributed by atoms with Crippen molar-refractivity contribution in [2.24, 2.45) is 11.8 Å². The summed E-state index contributed by atoms with van der Waals surface area (Å²) in [6.45, 7) is 0. The minimum Gasteiger partial charge on any atom is -0.451 e. The van der Waals surface area contributed by atoms with E-state index >= 15 is 0 Å². The van der Waals surface area contributed by atoms with Crippen LogP contribution >= 0.6 is 0 Å². The van der Waals surface area contributed by atoms with Crippen molar-refractivity contribution in [2.75, 3.05) is 9.80 Å². The number of benzene rings is 5. The molecular weight excluding hydrogens is 548 g/mol. The first kappa shape index (κ1) is 26.2. The van der Waals surface area contributed by atoms with Crippen molar-refractivity contribution >= 4 is 46.0 Å². The van der Waals surface area contributed by atoms with Crippen LogP contribution in [0.3, 0.4) is 0 Å². The van der Waals surface area contributed by atoms with Crippen LogP contribution in [0.25, 0.3) is 16.8 Å². The lowest BCUT2D eigenvalue weighted by Gasteiger charge is -2.36. The molecular formula is C38H28N2O4. The van der Waals surface area contributed by atoms with Crippen LogP contribution in [0.4, 0.5) is 11.4 Å². The predicted octanol–water partition coefficient (Wildman–Crippen LogP) is 6.56. The lowest BCUT2D eigenvalue weighted by atomic mass is 9.88. The van der Waals surface area contributed by atoms with E-state index < -0.39 is 36.0 Å². The Morgan fingerprint density at radius 1 is 0.636 bits per heavy atom. The van der Waals surface area contributed by atoms with Gasteiger partial charge in [-0.1, -0.05) is 127 Å². The molecule has 214 valence electrons. The number of hydrogen-bond donors (Lipinski definition) is 0. The molecule has 6 nitrogen and oxygen atoms in total. The number of hydrogen-bond acceptors (Lipinski definition) is 5. The fraction of sp³-hybridized carbons (Fsp3) is 0.132. The zero-order chi connectivity index (χ0) is 29.8. The van der Waals surface area contributed by atoms with E-state index in [1.165, 1.54) is 4.90 Å². The Kier molecular flexibility index (Phi) is 6.15. The van der Waals surface area contributed by atoms with Gasteiger partial charge in [-0.25, -0.2) is 9.69 Å². The number of rotatable bonds is 5. The molecule has 4 atom stereocenters. The Labute approximate surface area is 254 Å². The van der Waals surface area contributed by atoms with Crippen molar-refractivity contribution in [1.29, 1.82) is 0 Å². The number of carbonyl (C=O) groups excluding carboxylic acids is 3. The molecule has 0 aromatic heterocycles. The second-order valence-corrected chi connectivity index (χ2v) is 11.5. The Bertz CT molecular complexity index is 1910. The van der Waals surface area contributed by atoms with E-state index in [1.54, 1.807) is 6.07 Å². The number of anilines is 2. The number of para-hydroxylation sites is 1. The number of fused-ring (bicyclic) bond motifs is 6. The molecule has 0 radical (unpaired) electrons. The normalized spacial score (nSPS) is 21.8. The summed E-state index contributed by atoms with van der Waals surface area (Å²) in [6.07, 6.45) is 3.26. The van der Waals surface area contributed by atoms with E-state index in [9.17, 15) is 14.4 Å². The first-order chi connectivity index (χ1) is 21.6. The van der Waals surface area contributed by atoms with Crippen LogP contribution in [-0.4, -0.2) is 29.9 Å². The molecule has 44 heavy (non-hydrogen) atoms. The molecule has 0 saturated carbocycles. The molecule has 0 aliphatic carbocycles. The topological polar surface area (TPSA) is 66.9 Å². The van der Waals surface area contributed by atoms with Crippen molar-refractivity contribution in [3.8, 4) is 0 Å². The summed E-state index contributed by atoms with van der Waals surface area (Å²) >= 11 is 0. The van der Waals surface area contributed by atoms with Gasteiger partial charge in [0, 0.05) is 11.1 Å². The lowest BCUT2D eigenvalue weighted by Crippen LogP contribution is -2.49. The van der Waals surface area contributed by atoms with Gasteiger partial charge in [0.15, 0.2) is 6.10 Å². The summed E-state index contributed by atoms with van der Waals surface area (Å²) in [5, 5.41) is 1.74. The van der Waals surface area contributed by atoms with Crippen LogP contribution in [0.2, 0.25) is 0 Å². The minimum atomic E-state index is -0.998. The van der Waals surface area contributed by atoms with Gasteiger partial charge >= 0.3 is 5.97 Å². The number of nitrogens with zero attached hydrogens (tertiary/aromatic N) is 2. The average molecular weight is 577 g/mol. The van der Waals surface area contributed by atoms with Crippen molar-refractivity contribution in [3.63, 3.8) is 0 Å². The molecule has 0 spiro atoms. The van der Waals surface area contributed by atoms with Crippen LogP contribution < -0.4 is 9.80 Å². The van der Waals surface area contributed by atoms with Gasteiger partial charge in [-0.2, -0.15) is 0 Å². The third-order valence-corrected chi connectivity index (χ3v) is 9.10. The quantitative estimate of drug-likeness (QED) is 0.175. The summed E-state index contributed by atoms with van der Waals surface area (Å²) < 4.78 is 6.39. The zero-order valence-corrected chi connectivity index (χ0v) is 23.7. The van der Waals surface area contributed by atoms with Gasteiger partial charge in [0.05, 0.1) is 23.6 Å². The lowest BCUT2D eigenvalue weighted by molar-refractivity contribution is -0.151. The monoisotopic (exact) mass is 576 g/mol. The van der Waals surface area contributed by atoms with Crippen LogP contribution in [-0.2, 0) is 19.1 Å². The summed E-state index contributed by atoms with van der Waals surface area (Å²) in [5.74, 6) is -2.87. The number of ether oxygens (including phenoxy) is 1. The molecule has 6 heteroatoms. The van der Waals surface area contributed by atoms with Gasteiger partial charge in [0.1, 0.15) is 6.04 Å². The van der Waals surface area contributed by atoms with E-state index in [-0.39, 0.29) is 11.8 Å². The SMILES string of the molecule is O=C(OC(c1ccccc1)c1ccccc1)[C@H]1[C@@H]2C(=O)N(c3cccc4ccccc34)C(=O)[C@@H]2[C@H]2C=Cc3ccccc3N21. The van der Waals surface area contributed by atoms with Crippen molar-refractivity contribution < 1.29 is 19.1 Å². The van der Waals surface area contributed by atoms with Gasteiger partial charge in [-0.05, 0) is 34.2 Å². The summed E-state index contributed by atoms with van der Waals surface area (Å²) in [6, 6.07) is 38.8. The summed E-state index contributed by atoms with van der Waals surface area (Å²) in [7, 11) is 0. The predicted molar refractivity (Wildman–Crippen MR) is 170 cm³/mol. The highest BCUT2D eigenvalue weighted by atomic mass is 16.5. The van der Waals surface area contributed by atoms with Gasteiger partial charge in [0.2, 0.25) is 11.8 Å². The molecule has 3 heterocycles. The molecule has 0 bridgehead atoms. The van der Waals surface area contributed by atoms with E-state index in [0.717, 1.165) is 33.2 Å². The van der Waals surface area contributed by atoms with Crippen molar-refractivity contribution in [1.82, 2.24) is 0 Å². The average Bonchev–Trinajstić information content (AvgIpc) is 3.56. The highest BCUT2D eigenvalue weighted by Gasteiger charge is 2.65. The molecule has 2 saturated heterocycles. The first-order valence-corrected chi connectivity index (χ1v) is 14.8. The highest BCUT2D eigenvalue weighted by molar-refractivity contribution is 6.27. The van der Waals surface area contributed by atoms with Gasteiger partial charge < -0.3 is 9.64 Å².